The summed E-state index contributed by atoms with van der Waals surface area (Å²) in [5.41, 5.74) is -0.493. The zero-order chi connectivity index (χ0) is 21.3. The lowest BCUT2D eigenvalue weighted by atomic mass is 9.81. The molecular formula is C19H34O10. The summed E-state index contributed by atoms with van der Waals surface area (Å²) in [4.78, 5) is 0. The van der Waals surface area contributed by atoms with Gasteiger partial charge < -0.3 is 49.6 Å². The first-order chi connectivity index (χ1) is 13.8. The van der Waals surface area contributed by atoms with Gasteiger partial charge in [-0.2, -0.15) is 0 Å². The van der Waals surface area contributed by atoms with Crippen LogP contribution in [-0.2, 0) is 18.9 Å². The van der Waals surface area contributed by atoms with Gasteiger partial charge in [-0.3, -0.25) is 0 Å². The van der Waals surface area contributed by atoms with Crippen LogP contribution in [-0.4, -0.2) is 112 Å². The van der Waals surface area contributed by atoms with E-state index in [4.69, 9.17) is 18.9 Å². The zero-order valence-corrected chi connectivity index (χ0v) is 16.8. The first-order valence-electron chi connectivity index (χ1n) is 10.3. The topological polar surface area (TPSA) is 162 Å². The number of aliphatic hydroxyl groups is 6. The van der Waals surface area contributed by atoms with Crippen LogP contribution >= 0.6 is 0 Å². The molecule has 3 aliphatic heterocycles. The molecule has 3 rings (SSSR count). The van der Waals surface area contributed by atoms with E-state index < -0.39 is 55.1 Å². The van der Waals surface area contributed by atoms with Crippen molar-refractivity contribution in [3.8, 4) is 0 Å². The number of ether oxygens (including phenoxy) is 4. The molecule has 29 heavy (non-hydrogen) atoms. The SMILES string of the molecule is CCC(C)C12COC(CO)CC(C(O)CO[C@@H]3OC(CO)[C@@H](O)C(O)C3O)C1O2. The van der Waals surface area contributed by atoms with Crippen LogP contribution < -0.4 is 0 Å². The molecule has 3 saturated heterocycles. The Balaban J connectivity index is 1.63. The second kappa shape index (κ2) is 9.39. The lowest BCUT2D eigenvalue weighted by Crippen LogP contribution is -2.59. The smallest absolute Gasteiger partial charge is 0.186 e. The van der Waals surface area contributed by atoms with E-state index in [1.165, 1.54) is 0 Å². The largest absolute Gasteiger partial charge is 0.394 e. The molecule has 0 spiro atoms. The van der Waals surface area contributed by atoms with Crippen LogP contribution in [0.3, 0.4) is 0 Å². The van der Waals surface area contributed by atoms with Crippen LogP contribution in [0.2, 0.25) is 0 Å². The quantitative estimate of drug-likeness (QED) is 0.236. The van der Waals surface area contributed by atoms with Gasteiger partial charge in [0.05, 0.1) is 44.7 Å². The van der Waals surface area contributed by atoms with E-state index in [-0.39, 0.29) is 31.2 Å². The minimum Gasteiger partial charge on any atom is -0.394 e. The van der Waals surface area contributed by atoms with Crippen LogP contribution in [0.1, 0.15) is 26.7 Å². The number of fused-ring (bicyclic) bond motifs is 1. The van der Waals surface area contributed by atoms with Gasteiger partial charge in [0, 0.05) is 5.92 Å². The van der Waals surface area contributed by atoms with Crippen molar-refractivity contribution in [2.24, 2.45) is 11.8 Å². The lowest BCUT2D eigenvalue weighted by molar-refractivity contribution is -0.305. The summed E-state index contributed by atoms with van der Waals surface area (Å²) in [6.45, 7) is 3.53. The van der Waals surface area contributed by atoms with Crippen molar-refractivity contribution in [2.75, 3.05) is 26.4 Å². The molecule has 0 aliphatic carbocycles. The van der Waals surface area contributed by atoms with Gasteiger partial charge in [-0.1, -0.05) is 20.3 Å². The van der Waals surface area contributed by atoms with Gasteiger partial charge in [-0.25, -0.2) is 0 Å². The number of hydrogen-bond acceptors (Lipinski definition) is 10. The molecule has 170 valence electrons. The fourth-order valence-corrected chi connectivity index (χ4v) is 4.40. The van der Waals surface area contributed by atoms with E-state index in [1.807, 2.05) is 0 Å². The fourth-order valence-electron chi connectivity index (χ4n) is 4.40. The minimum atomic E-state index is -1.54. The molecule has 0 amide bonds. The summed E-state index contributed by atoms with van der Waals surface area (Å²) in [7, 11) is 0. The van der Waals surface area contributed by atoms with E-state index in [0.29, 0.717) is 13.0 Å². The second-order valence-corrected chi connectivity index (χ2v) is 8.42. The highest BCUT2D eigenvalue weighted by molar-refractivity contribution is 5.11. The molecule has 0 bridgehead atoms. The van der Waals surface area contributed by atoms with Crippen molar-refractivity contribution < 1.29 is 49.6 Å². The van der Waals surface area contributed by atoms with Gasteiger partial charge in [-0.05, 0) is 12.3 Å². The Morgan fingerprint density at radius 2 is 1.83 bits per heavy atom. The monoisotopic (exact) mass is 422 g/mol. The summed E-state index contributed by atoms with van der Waals surface area (Å²) in [5.74, 6) is -0.139. The third-order valence-corrected chi connectivity index (χ3v) is 6.66. The summed E-state index contributed by atoms with van der Waals surface area (Å²) in [6.07, 6.45) is -7.31. The maximum Gasteiger partial charge on any atom is 0.186 e. The molecule has 10 heteroatoms. The van der Waals surface area contributed by atoms with Crippen molar-refractivity contribution in [1.29, 1.82) is 0 Å². The standard InChI is InChI=1S/C19H34O10/c1-3-9(2)19-8-27-10(5-20)4-11(17(19)29-19)12(22)7-26-18-16(25)15(24)14(23)13(6-21)28-18/h9-18,20-25H,3-8H2,1-2H3/t9?,10?,11?,12?,13?,14-,15?,16?,17?,18-,19?/m1/s1. The third kappa shape index (κ3) is 4.47. The number of aliphatic hydroxyl groups excluding tert-OH is 6. The maximum absolute atomic E-state index is 10.8. The summed E-state index contributed by atoms with van der Waals surface area (Å²) < 4.78 is 22.6. The van der Waals surface area contributed by atoms with Crippen molar-refractivity contribution in [3.05, 3.63) is 0 Å². The van der Waals surface area contributed by atoms with Crippen molar-refractivity contribution in [3.63, 3.8) is 0 Å². The molecule has 0 aromatic rings. The molecule has 3 heterocycles. The fraction of sp³-hybridized carbons (Fsp3) is 1.00. The molecule has 11 atom stereocenters. The molecule has 0 aromatic heterocycles. The molecule has 0 radical (unpaired) electrons. The summed E-state index contributed by atoms with van der Waals surface area (Å²) >= 11 is 0. The van der Waals surface area contributed by atoms with Crippen LogP contribution in [0.5, 0.6) is 0 Å². The lowest BCUT2D eigenvalue weighted by Gasteiger charge is -2.40. The van der Waals surface area contributed by atoms with Crippen molar-refractivity contribution in [2.45, 2.75) is 81.3 Å². The molecule has 3 aliphatic rings. The van der Waals surface area contributed by atoms with E-state index in [0.717, 1.165) is 6.42 Å². The van der Waals surface area contributed by atoms with Crippen molar-refractivity contribution in [1.82, 2.24) is 0 Å². The van der Waals surface area contributed by atoms with E-state index in [9.17, 15) is 30.6 Å². The zero-order valence-electron chi connectivity index (χ0n) is 16.8. The van der Waals surface area contributed by atoms with Crippen LogP contribution in [0.4, 0.5) is 0 Å². The van der Waals surface area contributed by atoms with Gasteiger partial charge in [0.2, 0.25) is 0 Å². The molecule has 6 N–H and O–H groups in total. The predicted molar refractivity (Wildman–Crippen MR) is 97.7 cm³/mol. The molecule has 10 nitrogen and oxygen atoms in total. The first kappa shape index (κ1) is 23.3. The van der Waals surface area contributed by atoms with Crippen molar-refractivity contribution >= 4 is 0 Å². The predicted octanol–water partition coefficient (Wildman–Crippen LogP) is -2.26. The Morgan fingerprint density at radius 3 is 2.45 bits per heavy atom. The van der Waals surface area contributed by atoms with Gasteiger partial charge in [0.1, 0.15) is 30.0 Å². The number of epoxide rings is 1. The normalized spacial score (nSPS) is 47.2. The third-order valence-electron chi connectivity index (χ3n) is 6.66. The molecule has 3 fully saturated rings. The number of rotatable bonds is 8. The minimum absolute atomic E-state index is 0.167. The van der Waals surface area contributed by atoms with E-state index in [1.54, 1.807) is 0 Å². The summed E-state index contributed by atoms with van der Waals surface area (Å²) in [5, 5.41) is 59.4. The summed E-state index contributed by atoms with van der Waals surface area (Å²) in [6, 6.07) is 0. The highest BCUT2D eigenvalue weighted by Gasteiger charge is 2.65. The van der Waals surface area contributed by atoms with E-state index >= 15 is 0 Å². The van der Waals surface area contributed by atoms with Crippen LogP contribution in [0, 0.1) is 11.8 Å². The first-order valence-corrected chi connectivity index (χ1v) is 10.3. The molecule has 0 saturated carbocycles. The Bertz CT molecular complexity index is 533. The van der Waals surface area contributed by atoms with Crippen LogP contribution in [0.25, 0.3) is 0 Å². The maximum atomic E-state index is 10.8. The second-order valence-electron chi connectivity index (χ2n) is 8.42. The van der Waals surface area contributed by atoms with E-state index in [2.05, 4.69) is 13.8 Å². The highest BCUT2D eigenvalue weighted by Crippen LogP contribution is 2.52. The highest BCUT2D eigenvalue weighted by atomic mass is 16.7. The molecule has 9 unspecified atom stereocenters. The average Bonchev–Trinajstić information content (AvgIpc) is 3.47. The number of hydrogen-bond donors (Lipinski definition) is 6. The Kier molecular flexibility index (Phi) is 7.54. The molecular weight excluding hydrogens is 388 g/mol. The van der Waals surface area contributed by atoms with Crippen LogP contribution in [0.15, 0.2) is 0 Å². The van der Waals surface area contributed by atoms with Gasteiger partial charge >= 0.3 is 0 Å². The van der Waals surface area contributed by atoms with Gasteiger partial charge in [-0.15, -0.1) is 0 Å². The Hall–Kier alpha value is -0.400. The average molecular weight is 422 g/mol. The Labute approximate surface area is 170 Å². The Morgan fingerprint density at radius 1 is 1.10 bits per heavy atom. The van der Waals surface area contributed by atoms with Gasteiger partial charge in [0.15, 0.2) is 6.29 Å². The van der Waals surface area contributed by atoms with Gasteiger partial charge in [0.25, 0.3) is 0 Å². The molecule has 0 aromatic carbocycles.